The van der Waals surface area contributed by atoms with Crippen molar-refractivity contribution in [2.45, 2.75) is 19.3 Å². The Labute approximate surface area is 202 Å². The molecular formula is C26H27N3O4S. The molecule has 0 aliphatic carbocycles. The summed E-state index contributed by atoms with van der Waals surface area (Å²) in [6.07, 6.45) is 1.78. The lowest BCUT2D eigenvalue weighted by Crippen LogP contribution is -2.44. The van der Waals surface area contributed by atoms with Gasteiger partial charge in [-0.1, -0.05) is 30.3 Å². The van der Waals surface area contributed by atoms with E-state index in [4.69, 9.17) is 4.74 Å². The lowest BCUT2D eigenvalue weighted by atomic mass is 9.96. The van der Waals surface area contributed by atoms with Crippen LogP contribution in [0.1, 0.15) is 28.9 Å². The van der Waals surface area contributed by atoms with E-state index < -0.39 is 0 Å². The minimum atomic E-state index is -0.280. The molecule has 0 spiro atoms. The van der Waals surface area contributed by atoms with Crippen molar-refractivity contribution >= 4 is 40.4 Å². The SMILES string of the molecule is O=C(Nc1cccc(NC(=O)C2CCCN(C(=O)CCOc3ccccc3)C2)c1)c1cccs1. The molecule has 1 aliphatic heterocycles. The first-order valence-electron chi connectivity index (χ1n) is 11.3. The molecule has 3 aromatic rings. The molecule has 1 unspecified atom stereocenters. The summed E-state index contributed by atoms with van der Waals surface area (Å²) in [6, 6.07) is 20.1. The number of hydrogen-bond acceptors (Lipinski definition) is 5. The fraction of sp³-hybridized carbons (Fsp3) is 0.269. The van der Waals surface area contributed by atoms with Crippen LogP contribution in [0, 0.1) is 5.92 Å². The molecule has 0 saturated carbocycles. The first-order chi connectivity index (χ1) is 16.6. The van der Waals surface area contributed by atoms with Gasteiger partial charge in [0.1, 0.15) is 5.75 Å². The average Bonchev–Trinajstić information content (AvgIpc) is 3.40. The Kier molecular flexibility index (Phi) is 7.93. The highest BCUT2D eigenvalue weighted by molar-refractivity contribution is 7.12. The summed E-state index contributed by atoms with van der Waals surface area (Å²) in [6.45, 7) is 1.35. The molecule has 1 saturated heterocycles. The number of thiophene rings is 1. The minimum Gasteiger partial charge on any atom is -0.493 e. The van der Waals surface area contributed by atoms with Crippen molar-refractivity contribution in [3.63, 3.8) is 0 Å². The number of carbonyl (C=O) groups excluding carboxylic acids is 3. The van der Waals surface area contributed by atoms with Crippen LogP contribution < -0.4 is 15.4 Å². The first-order valence-corrected chi connectivity index (χ1v) is 12.2. The highest BCUT2D eigenvalue weighted by Crippen LogP contribution is 2.22. The summed E-state index contributed by atoms with van der Waals surface area (Å²) < 4.78 is 5.63. The molecule has 34 heavy (non-hydrogen) atoms. The molecule has 4 rings (SSSR count). The van der Waals surface area contributed by atoms with Crippen LogP contribution in [0.15, 0.2) is 72.1 Å². The normalized spacial score (nSPS) is 15.4. The number of hydrogen-bond donors (Lipinski definition) is 2. The lowest BCUT2D eigenvalue weighted by Gasteiger charge is -2.32. The van der Waals surface area contributed by atoms with Crippen molar-refractivity contribution in [2.75, 3.05) is 30.3 Å². The zero-order chi connectivity index (χ0) is 23.8. The van der Waals surface area contributed by atoms with Crippen LogP contribution in [0.5, 0.6) is 5.75 Å². The van der Waals surface area contributed by atoms with Gasteiger partial charge < -0.3 is 20.3 Å². The Hall–Kier alpha value is -3.65. The number of para-hydroxylation sites is 1. The molecule has 2 aromatic carbocycles. The molecule has 7 nitrogen and oxygen atoms in total. The molecule has 1 atom stereocenters. The molecule has 2 heterocycles. The molecule has 1 aromatic heterocycles. The maximum Gasteiger partial charge on any atom is 0.265 e. The van der Waals surface area contributed by atoms with Crippen molar-refractivity contribution in [3.05, 3.63) is 77.0 Å². The molecule has 0 bridgehead atoms. The highest BCUT2D eigenvalue weighted by atomic mass is 32.1. The van der Waals surface area contributed by atoms with E-state index in [0.717, 1.165) is 18.6 Å². The number of nitrogens with zero attached hydrogens (tertiary/aromatic N) is 1. The third-order valence-electron chi connectivity index (χ3n) is 5.61. The van der Waals surface area contributed by atoms with Gasteiger partial charge in [-0.3, -0.25) is 14.4 Å². The Morgan fingerprint density at radius 3 is 2.53 bits per heavy atom. The van der Waals surface area contributed by atoms with E-state index in [-0.39, 0.29) is 30.1 Å². The largest absolute Gasteiger partial charge is 0.493 e. The van der Waals surface area contributed by atoms with Crippen molar-refractivity contribution < 1.29 is 19.1 Å². The Bertz CT molecular complexity index is 1120. The van der Waals surface area contributed by atoms with Gasteiger partial charge in [0.2, 0.25) is 11.8 Å². The van der Waals surface area contributed by atoms with Crippen LogP contribution in [0.25, 0.3) is 0 Å². The molecular weight excluding hydrogens is 450 g/mol. The van der Waals surface area contributed by atoms with E-state index in [2.05, 4.69) is 10.6 Å². The average molecular weight is 478 g/mol. The van der Waals surface area contributed by atoms with Crippen molar-refractivity contribution in [2.24, 2.45) is 5.92 Å². The topological polar surface area (TPSA) is 87.7 Å². The van der Waals surface area contributed by atoms with Gasteiger partial charge in [0.25, 0.3) is 5.91 Å². The lowest BCUT2D eigenvalue weighted by molar-refractivity contribution is -0.135. The summed E-state index contributed by atoms with van der Waals surface area (Å²) >= 11 is 1.37. The number of nitrogens with one attached hydrogen (secondary N) is 2. The predicted molar refractivity (Wildman–Crippen MR) is 133 cm³/mol. The molecule has 176 valence electrons. The van der Waals surface area contributed by atoms with E-state index in [1.165, 1.54) is 11.3 Å². The molecule has 2 N–H and O–H groups in total. The van der Waals surface area contributed by atoms with Gasteiger partial charge in [-0.25, -0.2) is 0 Å². The van der Waals surface area contributed by atoms with E-state index in [1.54, 1.807) is 35.2 Å². The van der Waals surface area contributed by atoms with Crippen LogP contribution in [0.3, 0.4) is 0 Å². The fourth-order valence-electron chi connectivity index (χ4n) is 3.87. The quantitative estimate of drug-likeness (QED) is 0.495. The third kappa shape index (κ3) is 6.45. The first kappa shape index (κ1) is 23.5. The van der Waals surface area contributed by atoms with Gasteiger partial charge in [0.15, 0.2) is 0 Å². The summed E-state index contributed by atoms with van der Waals surface area (Å²) in [5, 5.41) is 7.63. The van der Waals surface area contributed by atoms with Crippen LogP contribution in [-0.2, 0) is 9.59 Å². The predicted octanol–water partition coefficient (Wildman–Crippen LogP) is 4.65. The number of ether oxygens (including phenoxy) is 1. The van der Waals surface area contributed by atoms with Crippen LogP contribution in [0.2, 0.25) is 0 Å². The Morgan fingerprint density at radius 1 is 0.971 bits per heavy atom. The van der Waals surface area contributed by atoms with Gasteiger partial charge in [-0.05, 0) is 54.6 Å². The van der Waals surface area contributed by atoms with Crippen LogP contribution in [0.4, 0.5) is 11.4 Å². The summed E-state index contributed by atoms with van der Waals surface area (Å²) in [5.41, 5.74) is 1.21. The standard InChI is InChI=1S/C26H27N3O4S/c30-24(13-15-33-22-10-2-1-3-11-22)29-14-5-7-19(18-29)25(31)27-20-8-4-9-21(17-20)28-26(32)23-12-6-16-34-23/h1-4,6,8-12,16-17,19H,5,7,13-15,18H2,(H,27,31)(H,28,32). The van der Waals surface area contributed by atoms with Gasteiger partial charge in [0.05, 0.1) is 23.8 Å². The maximum atomic E-state index is 12.9. The van der Waals surface area contributed by atoms with Crippen molar-refractivity contribution in [1.29, 1.82) is 0 Å². The zero-order valence-electron chi connectivity index (χ0n) is 18.7. The van der Waals surface area contributed by atoms with E-state index in [9.17, 15) is 14.4 Å². The Balaban J connectivity index is 1.27. The number of anilines is 2. The van der Waals surface area contributed by atoms with Crippen molar-refractivity contribution in [3.8, 4) is 5.75 Å². The van der Waals surface area contributed by atoms with Crippen LogP contribution >= 0.6 is 11.3 Å². The fourth-order valence-corrected chi connectivity index (χ4v) is 4.49. The van der Waals surface area contributed by atoms with E-state index in [1.807, 2.05) is 41.8 Å². The van der Waals surface area contributed by atoms with Gasteiger partial charge in [0, 0.05) is 24.5 Å². The molecule has 1 fully saturated rings. The molecule has 1 aliphatic rings. The molecule has 0 radical (unpaired) electrons. The summed E-state index contributed by atoms with van der Waals surface area (Å²) in [4.78, 5) is 40.2. The molecule has 3 amide bonds. The highest BCUT2D eigenvalue weighted by Gasteiger charge is 2.28. The summed E-state index contributed by atoms with van der Waals surface area (Å²) in [5.74, 6) is 0.139. The second-order valence-electron chi connectivity index (χ2n) is 8.09. The second kappa shape index (κ2) is 11.5. The Morgan fingerprint density at radius 2 is 1.76 bits per heavy atom. The third-order valence-corrected chi connectivity index (χ3v) is 6.47. The molecule has 8 heteroatoms. The van der Waals surface area contributed by atoms with Gasteiger partial charge >= 0.3 is 0 Å². The number of piperidine rings is 1. The monoisotopic (exact) mass is 477 g/mol. The van der Waals surface area contributed by atoms with Gasteiger partial charge in [-0.15, -0.1) is 11.3 Å². The van der Waals surface area contributed by atoms with E-state index >= 15 is 0 Å². The van der Waals surface area contributed by atoms with Crippen LogP contribution in [-0.4, -0.2) is 42.3 Å². The zero-order valence-corrected chi connectivity index (χ0v) is 19.6. The smallest absolute Gasteiger partial charge is 0.265 e. The minimum absolute atomic E-state index is 0.00767. The second-order valence-corrected chi connectivity index (χ2v) is 9.04. The number of amides is 3. The summed E-state index contributed by atoms with van der Waals surface area (Å²) in [7, 11) is 0. The number of likely N-dealkylation sites (tertiary alicyclic amines) is 1. The number of benzene rings is 2. The maximum absolute atomic E-state index is 12.9. The van der Waals surface area contributed by atoms with Gasteiger partial charge in [-0.2, -0.15) is 0 Å². The van der Waals surface area contributed by atoms with Crippen molar-refractivity contribution in [1.82, 2.24) is 4.90 Å². The van der Waals surface area contributed by atoms with E-state index in [0.29, 0.717) is 35.9 Å². The number of rotatable bonds is 8. The number of carbonyl (C=O) groups is 3.